The number of rotatable bonds is 10. The van der Waals surface area contributed by atoms with Crippen LogP contribution in [0.15, 0.2) is 65.5 Å². The van der Waals surface area contributed by atoms with Crippen LogP contribution in [0.2, 0.25) is 0 Å². The molecular weight excluding hydrogens is 452 g/mol. The Morgan fingerprint density at radius 2 is 1.91 bits per heavy atom. The maximum Gasteiger partial charge on any atom is 0.275 e. The van der Waals surface area contributed by atoms with E-state index < -0.39 is 6.10 Å². The maximum atomic E-state index is 12.5. The molecule has 0 radical (unpaired) electrons. The molecule has 1 amide bonds. The zero-order chi connectivity index (χ0) is 23.9. The number of nitrogens with zero attached hydrogens (tertiary/aromatic N) is 3. The molecule has 0 aliphatic heterocycles. The smallest absolute Gasteiger partial charge is 0.275 e. The van der Waals surface area contributed by atoms with Crippen LogP contribution in [0.1, 0.15) is 37.4 Å². The molecule has 0 saturated carbocycles. The quantitative estimate of drug-likeness (QED) is 0.361. The van der Waals surface area contributed by atoms with Crippen molar-refractivity contribution in [1.82, 2.24) is 14.6 Å². The summed E-state index contributed by atoms with van der Waals surface area (Å²) in [6.45, 7) is 3.93. The van der Waals surface area contributed by atoms with Gasteiger partial charge in [-0.25, -0.2) is 4.98 Å². The molecule has 9 heteroatoms. The number of aromatic nitrogens is 3. The first kappa shape index (κ1) is 23.4. The fourth-order valence-corrected chi connectivity index (χ4v) is 4.18. The highest BCUT2D eigenvalue weighted by atomic mass is 32.1. The predicted octanol–water partition coefficient (Wildman–Crippen LogP) is 4.48. The summed E-state index contributed by atoms with van der Waals surface area (Å²) in [5, 5.41) is 8.09. The van der Waals surface area contributed by atoms with Gasteiger partial charge in [0.25, 0.3) is 11.5 Å². The molecular formula is C25H26N4O4S. The molecule has 4 aromatic rings. The summed E-state index contributed by atoms with van der Waals surface area (Å²) < 4.78 is 12.8. The normalized spacial score (nSPS) is 11.8. The van der Waals surface area contributed by atoms with Gasteiger partial charge in [-0.1, -0.05) is 48.9 Å². The Kier molecular flexibility index (Phi) is 7.54. The van der Waals surface area contributed by atoms with Gasteiger partial charge in [0.05, 0.1) is 5.69 Å². The average molecular weight is 479 g/mol. The zero-order valence-corrected chi connectivity index (χ0v) is 19.9. The van der Waals surface area contributed by atoms with E-state index in [1.54, 1.807) is 43.3 Å². The monoisotopic (exact) mass is 478 g/mol. The number of hydrogen-bond acceptors (Lipinski definition) is 7. The minimum Gasteiger partial charge on any atom is -0.487 e. The number of amides is 1. The van der Waals surface area contributed by atoms with Crippen molar-refractivity contribution in [2.24, 2.45) is 0 Å². The molecule has 0 unspecified atom stereocenters. The molecule has 34 heavy (non-hydrogen) atoms. The molecule has 2 heterocycles. The number of fused-ring (bicyclic) bond motifs is 1. The Hall–Kier alpha value is -3.72. The second-order valence-corrected chi connectivity index (χ2v) is 8.80. The summed E-state index contributed by atoms with van der Waals surface area (Å²) in [5.74, 6) is 0.899. The van der Waals surface area contributed by atoms with Crippen LogP contribution in [-0.2, 0) is 17.8 Å². The van der Waals surface area contributed by atoms with Crippen LogP contribution in [0.5, 0.6) is 11.5 Å². The van der Waals surface area contributed by atoms with Crippen molar-refractivity contribution >= 4 is 27.9 Å². The third-order valence-corrected chi connectivity index (χ3v) is 5.97. The third-order valence-electron chi connectivity index (χ3n) is 5.00. The number of para-hydroxylation sites is 1. The number of carbonyl (C=O) groups excluding carboxylic acids is 1. The first-order valence-electron chi connectivity index (χ1n) is 11.2. The Balaban J connectivity index is 1.38. The summed E-state index contributed by atoms with van der Waals surface area (Å²) >= 11 is 1.43. The van der Waals surface area contributed by atoms with E-state index in [0.29, 0.717) is 27.8 Å². The van der Waals surface area contributed by atoms with Gasteiger partial charge in [-0.15, -0.1) is 0 Å². The molecule has 0 fully saturated rings. The number of carbonyl (C=O) groups is 1. The minimum absolute atomic E-state index is 0.124. The molecule has 4 rings (SSSR count). The van der Waals surface area contributed by atoms with Crippen LogP contribution in [0.4, 0.5) is 5.69 Å². The van der Waals surface area contributed by atoms with Crippen molar-refractivity contribution in [3.63, 3.8) is 0 Å². The Morgan fingerprint density at radius 3 is 2.71 bits per heavy atom. The van der Waals surface area contributed by atoms with Crippen LogP contribution < -0.4 is 20.3 Å². The molecule has 1 atom stereocenters. The summed E-state index contributed by atoms with van der Waals surface area (Å²) in [6.07, 6.45) is 2.26. The molecule has 0 aliphatic carbocycles. The molecule has 2 aromatic carbocycles. The van der Waals surface area contributed by atoms with Gasteiger partial charge in [0.1, 0.15) is 23.1 Å². The van der Waals surface area contributed by atoms with Gasteiger partial charge in [0, 0.05) is 24.2 Å². The van der Waals surface area contributed by atoms with Crippen molar-refractivity contribution in [1.29, 1.82) is 0 Å². The van der Waals surface area contributed by atoms with E-state index in [0.717, 1.165) is 24.3 Å². The highest BCUT2D eigenvalue weighted by Gasteiger charge is 2.15. The predicted molar refractivity (Wildman–Crippen MR) is 132 cm³/mol. The number of ether oxygens (including phenoxy) is 2. The molecule has 176 valence electrons. The van der Waals surface area contributed by atoms with Crippen molar-refractivity contribution < 1.29 is 14.3 Å². The van der Waals surface area contributed by atoms with Crippen molar-refractivity contribution in [2.45, 2.75) is 45.8 Å². The van der Waals surface area contributed by atoms with Crippen molar-refractivity contribution in [2.75, 3.05) is 5.32 Å². The molecule has 1 N–H and O–H groups in total. The van der Waals surface area contributed by atoms with Gasteiger partial charge >= 0.3 is 0 Å². The molecule has 2 aromatic heterocycles. The van der Waals surface area contributed by atoms with Crippen molar-refractivity contribution in [3.8, 4) is 11.5 Å². The number of nitrogens with one attached hydrogen (secondary N) is 1. The molecule has 0 spiro atoms. The molecule has 0 aliphatic rings. The first-order chi connectivity index (χ1) is 16.5. The zero-order valence-electron chi connectivity index (χ0n) is 19.1. The van der Waals surface area contributed by atoms with Crippen LogP contribution in [0, 0.1) is 0 Å². The second-order valence-electron chi connectivity index (χ2n) is 7.76. The summed E-state index contributed by atoms with van der Waals surface area (Å²) in [6, 6.07) is 17.7. The van der Waals surface area contributed by atoms with E-state index >= 15 is 0 Å². The fraction of sp³-hybridized carbons (Fsp3) is 0.280. The van der Waals surface area contributed by atoms with Crippen LogP contribution in [0.25, 0.3) is 4.96 Å². The lowest BCUT2D eigenvalue weighted by Gasteiger charge is -2.15. The Labute approximate surface area is 201 Å². The molecule has 8 nitrogen and oxygen atoms in total. The summed E-state index contributed by atoms with van der Waals surface area (Å²) in [5.41, 5.74) is 0.878. The number of unbranched alkanes of at least 4 members (excludes halogenated alkanes) is 1. The highest BCUT2D eigenvalue weighted by molar-refractivity contribution is 7.16. The fourth-order valence-electron chi connectivity index (χ4n) is 3.22. The van der Waals surface area contributed by atoms with E-state index in [2.05, 4.69) is 22.3 Å². The largest absolute Gasteiger partial charge is 0.487 e. The SMILES string of the molecule is CCCCc1nn2c(=O)cc(COc3cccc(NC(=O)[C@H](C)Oc4ccccc4)c3)nc2s1. The number of benzene rings is 2. The van der Waals surface area contributed by atoms with E-state index in [1.165, 1.54) is 21.9 Å². The third kappa shape index (κ3) is 5.99. The van der Waals surface area contributed by atoms with Gasteiger partial charge in [-0.05, 0) is 37.6 Å². The number of aryl methyl sites for hydroxylation is 1. The number of anilines is 1. The lowest BCUT2D eigenvalue weighted by atomic mass is 10.2. The van der Waals surface area contributed by atoms with Crippen LogP contribution in [0.3, 0.4) is 0 Å². The van der Waals surface area contributed by atoms with Gasteiger partial charge in [0.15, 0.2) is 6.10 Å². The highest BCUT2D eigenvalue weighted by Crippen LogP contribution is 2.20. The molecule has 0 saturated heterocycles. The lowest BCUT2D eigenvalue weighted by molar-refractivity contribution is -0.122. The van der Waals surface area contributed by atoms with Crippen LogP contribution >= 0.6 is 11.3 Å². The lowest BCUT2D eigenvalue weighted by Crippen LogP contribution is -2.30. The summed E-state index contributed by atoms with van der Waals surface area (Å²) in [4.78, 5) is 30.0. The van der Waals surface area contributed by atoms with E-state index in [-0.39, 0.29) is 18.1 Å². The van der Waals surface area contributed by atoms with Gasteiger partial charge in [-0.3, -0.25) is 9.59 Å². The molecule has 0 bridgehead atoms. The van der Waals surface area contributed by atoms with Crippen molar-refractivity contribution in [3.05, 3.63) is 81.7 Å². The summed E-state index contributed by atoms with van der Waals surface area (Å²) in [7, 11) is 0. The van der Waals surface area contributed by atoms with E-state index in [1.807, 2.05) is 18.2 Å². The minimum atomic E-state index is -0.669. The van der Waals surface area contributed by atoms with Gasteiger partial charge in [-0.2, -0.15) is 9.61 Å². The maximum absolute atomic E-state index is 12.5. The Bertz CT molecular complexity index is 1320. The number of hydrogen-bond donors (Lipinski definition) is 1. The second kappa shape index (κ2) is 10.9. The average Bonchev–Trinajstić information content (AvgIpc) is 3.26. The Morgan fingerprint density at radius 1 is 1.12 bits per heavy atom. The van der Waals surface area contributed by atoms with E-state index in [9.17, 15) is 9.59 Å². The van der Waals surface area contributed by atoms with Gasteiger partial charge < -0.3 is 14.8 Å². The topological polar surface area (TPSA) is 94.8 Å². The van der Waals surface area contributed by atoms with Gasteiger partial charge in [0.2, 0.25) is 4.96 Å². The van der Waals surface area contributed by atoms with Crippen LogP contribution in [-0.4, -0.2) is 26.6 Å². The van der Waals surface area contributed by atoms with E-state index in [4.69, 9.17) is 9.47 Å². The first-order valence-corrected chi connectivity index (χ1v) is 12.0. The standard InChI is InChI=1S/C25H26N4O4S/c1-3-4-13-22-28-29-23(30)15-19(27-25(29)34-22)16-32-21-12-8-9-18(14-21)26-24(31)17(2)33-20-10-6-5-7-11-20/h5-12,14-15,17H,3-4,13,16H2,1-2H3,(H,26,31)/t17-/m0/s1.